The minimum atomic E-state index is -0.938. The lowest BCUT2D eigenvalue weighted by Gasteiger charge is -2.11. The van der Waals surface area contributed by atoms with Crippen molar-refractivity contribution in [2.24, 2.45) is 0 Å². The van der Waals surface area contributed by atoms with Crippen LogP contribution in [0.2, 0.25) is 0 Å². The largest absolute Gasteiger partial charge is 0.372 e. The molecule has 0 fully saturated rings. The maximum Gasteiger partial charge on any atom is 0.271 e. The summed E-state index contributed by atoms with van der Waals surface area (Å²) in [7, 11) is 0.765. The molecule has 0 radical (unpaired) electrons. The number of nitrogens with zero attached hydrogens (tertiary/aromatic N) is 2. The van der Waals surface area contributed by atoms with E-state index in [9.17, 15) is 9.00 Å². The lowest BCUT2D eigenvalue weighted by atomic mass is 10.3. The van der Waals surface area contributed by atoms with Crippen molar-refractivity contribution in [3.63, 3.8) is 0 Å². The number of nitrogens with one attached hydrogen (secondary N) is 2. The summed E-state index contributed by atoms with van der Waals surface area (Å²) in [6.45, 7) is 1.80. The fraction of sp³-hybridized carbons (Fsp3) is 0.500. The third-order valence-electron chi connectivity index (χ3n) is 1.99. The molecule has 1 amide bonds. The van der Waals surface area contributed by atoms with Crippen LogP contribution in [-0.2, 0) is 10.8 Å². The molecule has 1 aromatic heterocycles. The second-order valence-corrected chi connectivity index (χ2v) is 5.13. The van der Waals surface area contributed by atoms with Gasteiger partial charge in [-0.3, -0.25) is 14.0 Å². The number of rotatable bonds is 5. The van der Waals surface area contributed by atoms with Gasteiger partial charge in [-0.1, -0.05) is 0 Å². The van der Waals surface area contributed by atoms with E-state index in [0.717, 1.165) is 0 Å². The first kappa shape index (κ1) is 13.6. The lowest BCUT2D eigenvalue weighted by Crippen LogP contribution is -2.36. The quantitative estimate of drug-likeness (QED) is 0.775. The van der Waals surface area contributed by atoms with Crippen molar-refractivity contribution in [1.29, 1.82) is 0 Å². The summed E-state index contributed by atoms with van der Waals surface area (Å²) >= 11 is 0. The van der Waals surface area contributed by atoms with Crippen LogP contribution >= 0.6 is 0 Å². The molecular formula is C10H16N4O2S. The molecule has 1 aromatic rings. The summed E-state index contributed by atoms with van der Waals surface area (Å²) in [4.78, 5) is 19.7. The van der Waals surface area contributed by atoms with Crippen molar-refractivity contribution >= 4 is 22.5 Å². The molecular weight excluding hydrogens is 240 g/mol. The highest BCUT2D eigenvalue weighted by molar-refractivity contribution is 7.84. The predicted octanol–water partition coefficient (Wildman–Crippen LogP) is 0.0151. The summed E-state index contributed by atoms with van der Waals surface area (Å²) in [6.07, 6.45) is 4.52. The predicted molar refractivity (Wildman–Crippen MR) is 67.4 cm³/mol. The van der Waals surface area contributed by atoms with E-state index in [0.29, 0.717) is 11.6 Å². The molecule has 2 N–H and O–H groups in total. The van der Waals surface area contributed by atoms with Crippen LogP contribution in [0.25, 0.3) is 0 Å². The fourth-order valence-electron chi connectivity index (χ4n) is 1.29. The minimum absolute atomic E-state index is 0.159. The number of hydrogen-bond acceptors (Lipinski definition) is 5. The molecule has 0 aromatic carbocycles. The Labute approximate surface area is 103 Å². The molecule has 2 unspecified atom stereocenters. The Kier molecular flexibility index (Phi) is 5.02. The van der Waals surface area contributed by atoms with Crippen LogP contribution in [0, 0.1) is 0 Å². The van der Waals surface area contributed by atoms with Crippen molar-refractivity contribution in [3.05, 3.63) is 18.1 Å². The standard InChI is InChI=1S/C10H16N4O2S/c1-7(6-17(3)16)13-10(15)8-4-12-5-9(11-2)14-8/h4-5,7H,6H2,1-3H3,(H,11,14)(H,13,15). The Bertz CT molecular complexity index is 425. The monoisotopic (exact) mass is 256 g/mol. The average molecular weight is 256 g/mol. The lowest BCUT2D eigenvalue weighted by molar-refractivity contribution is 0.0938. The molecule has 0 saturated carbocycles. The second kappa shape index (κ2) is 6.29. The van der Waals surface area contributed by atoms with E-state index in [-0.39, 0.29) is 17.6 Å². The number of carbonyl (C=O) groups excluding carboxylic acids is 1. The van der Waals surface area contributed by atoms with Crippen LogP contribution in [0.5, 0.6) is 0 Å². The molecule has 0 aliphatic carbocycles. The Hall–Kier alpha value is -1.50. The van der Waals surface area contributed by atoms with Gasteiger partial charge >= 0.3 is 0 Å². The van der Waals surface area contributed by atoms with E-state index >= 15 is 0 Å². The Balaban J connectivity index is 2.66. The molecule has 6 nitrogen and oxygen atoms in total. The highest BCUT2D eigenvalue weighted by atomic mass is 32.2. The number of anilines is 1. The van der Waals surface area contributed by atoms with Crippen molar-refractivity contribution < 1.29 is 9.00 Å². The van der Waals surface area contributed by atoms with Crippen LogP contribution in [0.3, 0.4) is 0 Å². The van der Waals surface area contributed by atoms with E-state index in [1.807, 2.05) is 0 Å². The Morgan fingerprint density at radius 1 is 1.53 bits per heavy atom. The molecule has 0 aliphatic rings. The first-order chi connectivity index (χ1) is 8.02. The van der Waals surface area contributed by atoms with Crippen molar-refractivity contribution in [2.75, 3.05) is 24.4 Å². The van der Waals surface area contributed by atoms with Crippen LogP contribution in [0.15, 0.2) is 12.4 Å². The van der Waals surface area contributed by atoms with E-state index in [1.165, 1.54) is 12.4 Å². The highest BCUT2D eigenvalue weighted by Crippen LogP contribution is 2.01. The number of carbonyl (C=O) groups is 1. The zero-order chi connectivity index (χ0) is 12.8. The summed E-state index contributed by atoms with van der Waals surface area (Å²) in [5, 5.41) is 5.52. The van der Waals surface area contributed by atoms with Gasteiger partial charge in [-0.25, -0.2) is 4.98 Å². The van der Waals surface area contributed by atoms with Gasteiger partial charge in [0.25, 0.3) is 5.91 Å². The van der Waals surface area contributed by atoms with Gasteiger partial charge < -0.3 is 10.6 Å². The van der Waals surface area contributed by atoms with Gasteiger partial charge in [-0.2, -0.15) is 0 Å². The molecule has 1 heterocycles. The normalized spacial score (nSPS) is 13.8. The van der Waals surface area contributed by atoms with Crippen molar-refractivity contribution in [1.82, 2.24) is 15.3 Å². The molecule has 2 atom stereocenters. The first-order valence-corrected chi connectivity index (χ1v) is 6.86. The maximum absolute atomic E-state index is 11.8. The molecule has 1 rings (SSSR count). The van der Waals surface area contributed by atoms with Gasteiger partial charge in [0, 0.05) is 35.9 Å². The van der Waals surface area contributed by atoms with E-state index in [1.54, 1.807) is 20.2 Å². The highest BCUT2D eigenvalue weighted by Gasteiger charge is 2.12. The molecule has 17 heavy (non-hydrogen) atoms. The van der Waals surface area contributed by atoms with Gasteiger partial charge in [-0.15, -0.1) is 0 Å². The fourth-order valence-corrected chi connectivity index (χ4v) is 2.07. The maximum atomic E-state index is 11.8. The Morgan fingerprint density at radius 3 is 2.82 bits per heavy atom. The Morgan fingerprint density at radius 2 is 2.24 bits per heavy atom. The molecule has 0 aliphatic heterocycles. The van der Waals surface area contributed by atoms with Crippen LogP contribution < -0.4 is 10.6 Å². The topological polar surface area (TPSA) is 84.0 Å². The van der Waals surface area contributed by atoms with Gasteiger partial charge in [-0.05, 0) is 6.92 Å². The summed E-state index contributed by atoms with van der Waals surface area (Å²) in [5.74, 6) is 0.641. The number of hydrogen-bond donors (Lipinski definition) is 2. The van der Waals surface area contributed by atoms with Gasteiger partial charge in [0.2, 0.25) is 0 Å². The molecule has 0 bridgehead atoms. The number of amides is 1. The molecule has 94 valence electrons. The third-order valence-corrected chi connectivity index (χ3v) is 2.95. The van der Waals surface area contributed by atoms with Crippen LogP contribution in [0.1, 0.15) is 17.4 Å². The molecule has 7 heteroatoms. The average Bonchev–Trinajstić information content (AvgIpc) is 2.27. The van der Waals surface area contributed by atoms with Crippen molar-refractivity contribution in [3.8, 4) is 0 Å². The van der Waals surface area contributed by atoms with Gasteiger partial charge in [0.1, 0.15) is 11.5 Å². The van der Waals surface area contributed by atoms with E-state index < -0.39 is 10.8 Å². The zero-order valence-electron chi connectivity index (χ0n) is 10.1. The van der Waals surface area contributed by atoms with E-state index in [2.05, 4.69) is 20.6 Å². The van der Waals surface area contributed by atoms with Crippen molar-refractivity contribution in [2.45, 2.75) is 13.0 Å². The summed E-state index contributed by atoms with van der Waals surface area (Å²) in [6, 6.07) is -0.159. The zero-order valence-corrected chi connectivity index (χ0v) is 10.9. The smallest absolute Gasteiger partial charge is 0.271 e. The van der Waals surface area contributed by atoms with Crippen LogP contribution in [0.4, 0.5) is 5.82 Å². The molecule has 0 spiro atoms. The molecule has 0 saturated heterocycles. The summed E-state index contributed by atoms with van der Waals surface area (Å²) < 4.78 is 11.0. The third kappa shape index (κ3) is 4.48. The number of aromatic nitrogens is 2. The van der Waals surface area contributed by atoms with Crippen LogP contribution in [-0.4, -0.2) is 45.2 Å². The first-order valence-electron chi connectivity index (χ1n) is 5.13. The van der Waals surface area contributed by atoms with Gasteiger partial charge in [0.15, 0.2) is 0 Å². The van der Waals surface area contributed by atoms with Gasteiger partial charge in [0.05, 0.1) is 12.4 Å². The second-order valence-electron chi connectivity index (χ2n) is 3.65. The SMILES string of the molecule is CNc1cncc(C(=O)NC(C)CS(C)=O)n1. The van der Waals surface area contributed by atoms with E-state index in [4.69, 9.17) is 0 Å². The minimum Gasteiger partial charge on any atom is -0.372 e. The summed E-state index contributed by atoms with van der Waals surface area (Å²) in [5.41, 5.74) is 0.241.